The molecule has 3 N–H and O–H groups in total. The summed E-state index contributed by atoms with van der Waals surface area (Å²) in [5.41, 5.74) is 3.29. The fourth-order valence-corrected chi connectivity index (χ4v) is 3.39. The monoisotopic (exact) mass is 482 g/mol. The van der Waals surface area contributed by atoms with E-state index < -0.39 is 17.7 Å². The van der Waals surface area contributed by atoms with E-state index in [1.54, 1.807) is 30.3 Å². The Bertz CT molecular complexity index is 1160. The maximum atomic E-state index is 13.0. The highest BCUT2D eigenvalue weighted by Gasteiger charge is 2.21. The van der Waals surface area contributed by atoms with Gasteiger partial charge in [-0.3, -0.25) is 19.8 Å². The van der Waals surface area contributed by atoms with E-state index in [1.165, 1.54) is 23.9 Å². The predicted molar refractivity (Wildman–Crippen MR) is 121 cm³/mol. The number of methoxy groups -OCH3 is 1. The fourth-order valence-electron chi connectivity index (χ4n) is 2.75. The number of ether oxygens (including phenoxy) is 1. The minimum atomic E-state index is -0.956. The Labute approximate surface area is 192 Å². The lowest BCUT2D eigenvalue weighted by Crippen LogP contribution is -2.40. The van der Waals surface area contributed by atoms with Crippen LogP contribution in [0.1, 0.15) is 10.5 Å². The first-order valence-corrected chi connectivity index (χ1v) is 10.1. The zero-order valence-electron chi connectivity index (χ0n) is 16.2. The number of benzene rings is 2. The number of nitrogens with one attached hydrogen (secondary N) is 3. The average molecular weight is 484 g/mol. The van der Waals surface area contributed by atoms with Crippen molar-refractivity contribution in [2.24, 2.45) is 0 Å². The lowest BCUT2D eigenvalue weighted by Gasteiger charge is -2.13. The molecule has 3 amide bonds. The number of amides is 3. The van der Waals surface area contributed by atoms with E-state index in [4.69, 9.17) is 39.5 Å². The van der Waals surface area contributed by atoms with Crippen LogP contribution in [0, 0.1) is 0 Å². The molecule has 0 aliphatic heterocycles. The first-order valence-electron chi connectivity index (χ1n) is 8.95. The van der Waals surface area contributed by atoms with Gasteiger partial charge >= 0.3 is 11.8 Å². The summed E-state index contributed by atoms with van der Waals surface area (Å²) in [5, 5.41) is 6.76. The van der Waals surface area contributed by atoms with Crippen molar-refractivity contribution in [3.63, 3.8) is 0 Å². The molecule has 1 heterocycles. The third kappa shape index (κ3) is 5.48. The van der Waals surface area contributed by atoms with E-state index >= 15 is 0 Å². The van der Waals surface area contributed by atoms with Crippen molar-refractivity contribution in [1.29, 1.82) is 0 Å². The van der Waals surface area contributed by atoms with Crippen molar-refractivity contribution in [2.45, 2.75) is 0 Å². The van der Waals surface area contributed by atoms with Gasteiger partial charge in [-0.25, -0.2) is 4.68 Å². The van der Waals surface area contributed by atoms with E-state index in [0.717, 1.165) is 0 Å². The number of carbonyl (C=O) groups excluding carboxylic acids is 3. The van der Waals surface area contributed by atoms with Crippen LogP contribution in [0.3, 0.4) is 0 Å². The second kappa shape index (κ2) is 10.0. The molecule has 8 nitrogen and oxygen atoms in total. The van der Waals surface area contributed by atoms with Crippen LogP contribution in [0.5, 0.6) is 0 Å². The molecule has 0 fully saturated rings. The van der Waals surface area contributed by atoms with Gasteiger partial charge in [-0.05, 0) is 42.5 Å². The molecule has 3 aromatic rings. The molecule has 0 unspecified atom stereocenters. The summed E-state index contributed by atoms with van der Waals surface area (Å²) < 4.78 is 6.05. The van der Waals surface area contributed by atoms with Crippen LogP contribution in [-0.2, 0) is 14.3 Å². The smallest absolute Gasteiger partial charge is 0.328 e. The molecule has 1 aromatic heterocycles. The lowest BCUT2D eigenvalue weighted by atomic mass is 10.2. The highest BCUT2D eigenvalue weighted by Crippen LogP contribution is 2.27. The van der Waals surface area contributed by atoms with Gasteiger partial charge in [-0.1, -0.05) is 34.8 Å². The molecule has 0 bridgehead atoms. The van der Waals surface area contributed by atoms with Gasteiger partial charge in [0.2, 0.25) is 0 Å². The van der Waals surface area contributed by atoms with Crippen molar-refractivity contribution >= 4 is 69.1 Å². The summed E-state index contributed by atoms with van der Waals surface area (Å²) in [5.74, 6) is -2.40. The van der Waals surface area contributed by atoms with Crippen molar-refractivity contribution in [3.05, 3.63) is 63.2 Å². The van der Waals surface area contributed by atoms with Crippen LogP contribution in [0.2, 0.25) is 15.1 Å². The van der Waals surface area contributed by atoms with Gasteiger partial charge in [0.25, 0.3) is 5.91 Å². The Morgan fingerprint density at radius 2 is 1.68 bits per heavy atom. The standard InChI is InChI=1S/C20H17Cl3N4O4/c1-31-7-6-24-19(29)20(30)26-27-16-5-3-12(21)8-11(16)9-17(27)18(28)25-15-4-2-13(22)10-14(15)23/h2-5,8-10H,6-7H2,1H3,(H,24,29)(H,25,28)(H,26,30). The third-order valence-electron chi connectivity index (χ3n) is 4.19. The zero-order valence-corrected chi connectivity index (χ0v) is 18.4. The van der Waals surface area contributed by atoms with Crippen LogP contribution in [0.4, 0.5) is 5.69 Å². The van der Waals surface area contributed by atoms with E-state index in [2.05, 4.69) is 16.1 Å². The number of hydrogen-bond donors (Lipinski definition) is 3. The highest BCUT2D eigenvalue weighted by atomic mass is 35.5. The van der Waals surface area contributed by atoms with E-state index in [1.807, 2.05) is 0 Å². The summed E-state index contributed by atoms with van der Waals surface area (Å²) in [6.07, 6.45) is 0. The maximum absolute atomic E-state index is 13.0. The average Bonchev–Trinajstić information content (AvgIpc) is 3.07. The number of fused-ring (bicyclic) bond motifs is 1. The molecule has 0 spiro atoms. The van der Waals surface area contributed by atoms with Crippen LogP contribution in [0.15, 0.2) is 42.5 Å². The summed E-state index contributed by atoms with van der Waals surface area (Å²) in [6, 6.07) is 11.0. The predicted octanol–water partition coefficient (Wildman–Crippen LogP) is 3.69. The number of nitrogens with zero attached hydrogens (tertiary/aromatic N) is 1. The van der Waals surface area contributed by atoms with Crippen LogP contribution >= 0.6 is 34.8 Å². The Morgan fingerprint density at radius 3 is 2.39 bits per heavy atom. The largest absolute Gasteiger partial charge is 0.383 e. The summed E-state index contributed by atoms with van der Waals surface area (Å²) >= 11 is 18.1. The molecule has 0 radical (unpaired) electrons. The lowest BCUT2D eigenvalue weighted by molar-refractivity contribution is -0.136. The van der Waals surface area contributed by atoms with Gasteiger partial charge in [0, 0.05) is 29.1 Å². The number of halogens is 3. The molecule has 0 aliphatic rings. The molecule has 0 saturated heterocycles. The summed E-state index contributed by atoms with van der Waals surface area (Å²) in [7, 11) is 1.47. The number of aromatic nitrogens is 1. The highest BCUT2D eigenvalue weighted by molar-refractivity contribution is 6.38. The van der Waals surface area contributed by atoms with Crippen molar-refractivity contribution in [2.75, 3.05) is 31.0 Å². The Balaban J connectivity index is 1.92. The number of hydrogen-bond acceptors (Lipinski definition) is 4. The molecule has 11 heteroatoms. The number of carbonyl (C=O) groups is 3. The molecule has 2 aromatic carbocycles. The Kier molecular flexibility index (Phi) is 7.40. The van der Waals surface area contributed by atoms with Crippen molar-refractivity contribution in [3.8, 4) is 0 Å². The minimum absolute atomic E-state index is 0.0568. The van der Waals surface area contributed by atoms with Crippen molar-refractivity contribution < 1.29 is 19.1 Å². The van der Waals surface area contributed by atoms with Crippen LogP contribution in [-0.4, -0.2) is 42.7 Å². The summed E-state index contributed by atoms with van der Waals surface area (Å²) in [4.78, 5) is 37.4. The first kappa shape index (κ1) is 22.9. The Hall–Kier alpha value is -2.78. The first-order chi connectivity index (χ1) is 14.8. The Morgan fingerprint density at radius 1 is 0.968 bits per heavy atom. The fraction of sp³-hybridized carbons (Fsp3) is 0.150. The summed E-state index contributed by atoms with van der Waals surface area (Å²) in [6.45, 7) is 0.409. The van der Waals surface area contributed by atoms with Gasteiger partial charge in [-0.2, -0.15) is 0 Å². The van der Waals surface area contributed by atoms with E-state index in [9.17, 15) is 14.4 Å². The minimum Gasteiger partial charge on any atom is -0.383 e. The molecule has 0 atom stereocenters. The number of anilines is 1. The zero-order chi connectivity index (χ0) is 22.5. The van der Waals surface area contributed by atoms with E-state index in [0.29, 0.717) is 26.6 Å². The van der Waals surface area contributed by atoms with Crippen LogP contribution in [0.25, 0.3) is 10.9 Å². The van der Waals surface area contributed by atoms with Crippen molar-refractivity contribution in [1.82, 2.24) is 9.99 Å². The molecular formula is C20H17Cl3N4O4. The van der Waals surface area contributed by atoms with Gasteiger partial charge in [-0.15, -0.1) is 0 Å². The second-order valence-electron chi connectivity index (χ2n) is 6.34. The molecule has 3 rings (SSSR count). The SMILES string of the molecule is COCCNC(=O)C(=O)Nn1c(C(=O)Nc2ccc(Cl)cc2Cl)cc2cc(Cl)ccc21. The molecular weight excluding hydrogens is 467 g/mol. The van der Waals surface area contributed by atoms with Gasteiger partial charge < -0.3 is 15.4 Å². The topological polar surface area (TPSA) is 101 Å². The second-order valence-corrected chi connectivity index (χ2v) is 7.62. The van der Waals surface area contributed by atoms with Crippen LogP contribution < -0.4 is 16.1 Å². The molecule has 31 heavy (non-hydrogen) atoms. The molecule has 162 valence electrons. The normalized spacial score (nSPS) is 10.7. The van der Waals surface area contributed by atoms with E-state index in [-0.39, 0.29) is 23.9 Å². The van der Waals surface area contributed by atoms with Gasteiger partial charge in [0.15, 0.2) is 0 Å². The molecule has 0 saturated carbocycles. The third-order valence-corrected chi connectivity index (χ3v) is 4.97. The van der Waals surface area contributed by atoms with Gasteiger partial charge in [0.1, 0.15) is 5.69 Å². The number of rotatable bonds is 6. The van der Waals surface area contributed by atoms with Gasteiger partial charge in [0.05, 0.1) is 22.8 Å². The quantitative estimate of drug-likeness (QED) is 0.368. The molecule has 0 aliphatic carbocycles. The maximum Gasteiger partial charge on any atom is 0.328 e.